The molecule has 2 N–H and O–H groups in total. The number of aromatic nitrogens is 3. The van der Waals surface area contributed by atoms with Crippen LogP contribution in [0.3, 0.4) is 0 Å². The van der Waals surface area contributed by atoms with E-state index in [2.05, 4.69) is 45.3 Å². The van der Waals surface area contributed by atoms with Crippen LogP contribution < -0.4 is 5.56 Å². The molecule has 4 nitrogen and oxygen atoms in total. The first-order valence-corrected chi connectivity index (χ1v) is 10.7. The van der Waals surface area contributed by atoms with Crippen molar-refractivity contribution >= 4 is 23.6 Å². The minimum atomic E-state index is -0.0771. The summed E-state index contributed by atoms with van der Waals surface area (Å²) in [7, 11) is 0. The van der Waals surface area contributed by atoms with Crippen LogP contribution in [0.15, 0.2) is 40.5 Å². The second-order valence-corrected chi connectivity index (χ2v) is 8.67. The van der Waals surface area contributed by atoms with Crippen molar-refractivity contribution in [2.75, 3.05) is 0 Å². The quantitative estimate of drug-likeness (QED) is 0.593. The molecule has 0 unspecified atom stereocenters. The summed E-state index contributed by atoms with van der Waals surface area (Å²) < 4.78 is 0.416. The van der Waals surface area contributed by atoms with Crippen molar-refractivity contribution in [3.8, 4) is 0 Å². The number of hydrogen-bond donors (Lipinski definition) is 2. The summed E-state index contributed by atoms with van der Waals surface area (Å²) in [5.41, 5.74) is 4.16. The molecule has 2 heterocycles. The third-order valence-corrected chi connectivity index (χ3v) is 6.65. The van der Waals surface area contributed by atoms with Crippen molar-refractivity contribution in [3.05, 3.63) is 78.4 Å². The van der Waals surface area contributed by atoms with Crippen LogP contribution in [0, 0.1) is 11.7 Å². The lowest BCUT2D eigenvalue weighted by Gasteiger charge is -2.29. The highest BCUT2D eigenvalue weighted by atomic mass is 32.1. The first kappa shape index (κ1) is 18.3. The minimum absolute atomic E-state index is 0.0771. The van der Waals surface area contributed by atoms with Gasteiger partial charge in [-0.1, -0.05) is 30.3 Å². The molecule has 0 aliphatic heterocycles. The highest BCUT2D eigenvalue weighted by Crippen LogP contribution is 2.40. The van der Waals surface area contributed by atoms with Gasteiger partial charge in [-0.05, 0) is 62.2 Å². The van der Waals surface area contributed by atoms with Gasteiger partial charge in [-0.2, -0.15) is 0 Å². The molecule has 1 aliphatic rings. The molecule has 0 bridgehead atoms. The van der Waals surface area contributed by atoms with Crippen LogP contribution in [0.1, 0.15) is 65.0 Å². The van der Waals surface area contributed by atoms with Crippen LogP contribution in [0.5, 0.6) is 0 Å². The number of aryl methyl sites for hydroxylation is 1. The number of thiazole rings is 1. The van der Waals surface area contributed by atoms with Crippen molar-refractivity contribution < 1.29 is 0 Å². The molecule has 0 spiro atoms. The Hall–Kier alpha value is -2.05. The number of H-pyrrole nitrogens is 2. The van der Waals surface area contributed by atoms with Gasteiger partial charge in [0.1, 0.15) is 0 Å². The van der Waals surface area contributed by atoms with Gasteiger partial charge in [-0.25, -0.2) is 4.98 Å². The van der Waals surface area contributed by atoms with E-state index in [4.69, 9.17) is 12.2 Å². The minimum Gasteiger partial charge on any atom is -0.335 e. The maximum absolute atomic E-state index is 12.6. The van der Waals surface area contributed by atoms with Gasteiger partial charge < -0.3 is 4.98 Å². The second kappa shape index (κ2) is 7.90. The topological polar surface area (TPSA) is 61.5 Å². The Balaban J connectivity index is 1.58. The van der Waals surface area contributed by atoms with E-state index in [-0.39, 0.29) is 5.56 Å². The Bertz CT molecular complexity index is 1030. The van der Waals surface area contributed by atoms with E-state index in [0.717, 1.165) is 47.6 Å². The number of aromatic amines is 2. The molecule has 0 amide bonds. The zero-order valence-electron chi connectivity index (χ0n) is 15.3. The maximum Gasteiger partial charge on any atom is 0.255 e. The fourth-order valence-corrected chi connectivity index (χ4v) is 5.12. The summed E-state index contributed by atoms with van der Waals surface area (Å²) in [5.74, 6) is 0.961. The van der Waals surface area contributed by atoms with Crippen LogP contribution in [-0.2, 0) is 6.42 Å². The lowest BCUT2D eigenvalue weighted by Crippen LogP contribution is -2.22. The molecule has 1 saturated carbocycles. The average molecular weight is 398 g/mol. The smallest absolute Gasteiger partial charge is 0.255 e. The monoisotopic (exact) mass is 397 g/mol. The van der Waals surface area contributed by atoms with Crippen LogP contribution in [0.4, 0.5) is 0 Å². The molecule has 0 radical (unpaired) electrons. The summed E-state index contributed by atoms with van der Waals surface area (Å²) in [6, 6.07) is 10.7. The van der Waals surface area contributed by atoms with Crippen molar-refractivity contribution in [1.29, 1.82) is 0 Å². The van der Waals surface area contributed by atoms with Crippen LogP contribution in [-0.4, -0.2) is 15.0 Å². The number of nitrogens with one attached hydrogen (secondary N) is 2. The van der Waals surface area contributed by atoms with Gasteiger partial charge in [0.15, 0.2) is 4.77 Å². The molecule has 0 saturated heterocycles. The van der Waals surface area contributed by atoms with E-state index in [9.17, 15) is 4.79 Å². The fraction of sp³-hybridized carbons (Fsp3) is 0.381. The van der Waals surface area contributed by atoms with E-state index >= 15 is 0 Å². The summed E-state index contributed by atoms with van der Waals surface area (Å²) >= 11 is 6.87. The molecule has 2 aromatic heterocycles. The number of benzene rings is 1. The third-order valence-electron chi connectivity index (χ3n) is 5.48. The van der Waals surface area contributed by atoms with Gasteiger partial charge in [0, 0.05) is 28.8 Å². The van der Waals surface area contributed by atoms with Crippen molar-refractivity contribution in [2.45, 2.75) is 50.9 Å². The molecule has 0 atom stereocenters. The van der Waals surface area contributed by atoms with Crippen LogP contribution in [0.2, 0.25) is 0 Å². The van der Waals surface area contributed by atoms with Crippen LogP contribution in [0.25, 0.3) is 0 Å². The zero-order chi connectivity index (χ0) is 18.8. The summed E-state index contributed by atoms with van der Waals surface area (Å²) in [6.45, 7) is 1.98. The predicted molar refractivity (Wildman–Crippen MR) is 112 cm³/mol. The van der Waals surface area contributed by atoms with Gasteiger partial charge >= 0.3 is 0 Å². The molecule has 1 fully saturated rings. The van der Waals surface area contributed by atoms with Gasteiger partial charge in [-0.15, -0.1) is 11.3 Å². The third kappa shape index (κ3) is 4.12. The van der Waals surface area contributed by atoms with E-state index in [1.807, 2.05) is 12.3 Å². The second-order valence-electron chi connectivity index (χ2n) is 7.32. The lowest BCUT2D eigenvalue weighted by molar-refractivity contribution is 0.389. The van der Waals surface area contributed by atoms with E-state index in [1.54, 1.807) is 11.3 Å². The standard InChI is InChI=1S/C21H23N3OS2/c1-13-12-27-18(22-13)11-17-19(23-21(26)24-20(17)25)16-9-7-15(8-10-16)14-5-3-2-4-6-14/h2-6,12,15-16H,7-11H2,1H3,(H2,23,24,25,26). The zero-order valence-corrected chi connectivity index (χ0v) is 17.0. The Morgan fingerprint density at radius 3 is 2.48 bits per heavy atom. The Morgan fingerprint density at radius 1 is 1.11 bits per heavy atom. The van der Waals surface area contributed by atoms with Crippen molar-refractivity contribution in [3.63, 3.8) is 0 Å². The molecule has 6 heteroatoms. The number of hydrogen-bond acceptors (Lipinski definition) is 4. The van der Waals surface area contributed by atoms with E-state index in [1.165, 1.54) is 5.56 Å². The average Bonchev–Trinajstić information content (AvgIpc) is 3.09. The molecule has 1 aliphatic carbocycles. The summed E-state index contributed by atoms with van der Waals surface area (Å²) in [4.78, 5) is 23.2. The highest BCUT2D eigenvalue weighted by molar-refractivity contribution is 7.71. The molecular formula is C21H23N3OS2. The van der Waals surface area contributed by atoms with Crippen LogP contribution >= 0.6 is 23.6 Å². The number of nitrogens with zero attached hydrogens (tertiary/aromatic N) is 1. The van der Waals surface area contributed by atoms with E-state index in [0.29, 0.717) is 23.0 Å². The van der Waals surface area contributed by atoms with Gasteiger partial charge in [0.25, 0.3) is 5.56 Å². The maximum atomic E-state index is 12.6. The first-order valence-electron chi connectivity index (χ1n) is 9.41. The molecule has 27 heavy (non-hydrogen) atoms. The van der Waals surface area contributed by atoms with E-state index < -0.39 is 0 Å². The molecular weight excluding hydrogens is 374 g/mol. The molecule has 1 aromatic carbocycles. The lowest BCUT2D eigenvalue weighted by atomic mass is 9.76. The molecule has 4 rings (SSSR count). The van der Waals surface area contributed by atoms with Crippen molar-refractivity contribution in [1.82, 2.24) is 15.0 Å². The van der Waals surface area contributed by atoms with Gasteiger partial charge in [-0.3, -0.25) is 9.78 Å². The van der Waals surface area contributed by atoms with Gasteiger partial charge in [0.2, 0.25) is 0 Å². The number of rotatable bonds is 4. The Kier molecular flexibility index (Phi) is 5.36. The fourth-order valence-electron chi connectivity index (χ4n) is 4.13. The van der Waals surface area contributed by atoms with Crippen molar-refractivity contribution in [2.24, 2.45) is 0 Å². The molecule has 140 valence electrons. The summed E-state index contributed by atoms with van der Waals surface area (Å²) in [5, 5.41) is 3.00. The SMILES string of the molecule is Cc1csc(Cc2c(C3CCC(c4ccccc4)CC3)[nH]c(=S)[nH]c2=O)n1. The largest absolute Gasteiger partial charge is 0.335 e. The van der Waals surface area contributed by atoms with Gasteiger partial charge in [0.05, 0.1) is 5.01 Å². The predicted octanol–water partition coefficient (Wildman–Crippen LogP) is 5.23. The highest BCUT2D eigenvalue weighted by Gasteiger charge is 2.26. The summed E-state index contributed by atoms with van der Waals surface area (Å²) in [6.07, 6.45) is 4.97. The molecule has 3 aromatic rings. The first-order chi connectivity index (χ1) is 13.1. The normalized spacial score (nSPS) is 19.9. The Morgan fingerprint density at radius 2 is 1.81 bits per heavy atom. The Labute approximate surface area is 167 Å².